The highest BCUT2D eigenvalue weighted by Crippen LogP contribution is 2.18. The molecule has 0 saturated heterocycles. The van der Waals surface area contributed by atoms with Gasteiger partial charge in [0.1, 0.15) is 5.75 Å². The summed E-state index contributed by atoms with van der Waals surface area (Å²) < 4.78 is 0. The molecule has 16 heavy (non-hydrogen) atoms. The molecule has 0 fully saturated rings. The summed E-state index contributed by atoms with van der Waals surface area (Å²) in [5.41, 5.74) is 3.19. The van der Waals surface area contributed by atoms with E-state index in [1.807, 2.05) is 19.1 Å². The first-order valence-corrected chi connectivity index (χ1v) is 4.90. The highest BCUT2D eigenvalue weighted by atomic mass is 16.3. The first-order chi connectivity index (χ1) is 7.70. The summed E-state index contributed by atoms with van der Waals surface area (Å²) in [5.74, 6) is 5.98. The summed E-state index contributed by atoms with van der Waals surface area (Å²) in [6, 6.07) is 4.58. The summed E-state index contributed by atoms with van der Waals surface area (Å²) in [6.07, 6.45) is 4.62. The molecule has 1 N–H and O–H groups in total. The maximum atomic E-state index is 10.8. The fourth-order valence-electron chi connectivity index (χ4n) is 1.37. The Kier molecular flexibility index (Phi) is 2.61. The molecule has 0 atom stereocenters. The van der Waals surface area contributed by atoms with Crippen LogP contribution < -0.4 is 0 Å². The van der Waals surface area contributed by atoms with Crippen LogP contribution in [0.5, 0.6) is 5.75 Å². The molecule has 0 aromatic heterocycles. The normalized spacial score (nSPS) is 12.8. The average Bonchev–Trinajstić information content (AvgIpc) is 2.29. The second kappa shape index (κ2) is 4.08. The Morgan fingerprint density at radius 3 is 2.62 bits per heavy atom. The molecule has 0 bridgehead atoms. The molecule has 2 nitrogen and oxygen atoms in total. The number of allylic oxidation sites excluding steroid dienone is 4. The number of hydrogen-bond donors (Lipinski definition) is 1. The minimum atomic E-state index is 0.0755. The summed E-state index contributed by atoms with van der Waals surface area (Å²) in [5, 5.41) is 9.22. The smallest absolute Gasteiger partial charge is 0.151 e. The molecule has 78 valence electrons. The number of aromatic hydroxyl groups is 1. The zero-order chi connectivity index (χ0) is 11.5. The summed E-state index contributed by atoms with van der Waals surface area (Å²) in [6.45, 7) is 1.99. The SMILES string of the molecule is CC1=CC=C1C#Cc1ccc(O)cc1C=O. The van der Waals surface area contributed by atoms with Crippen LogP contribution in [0.15, 0.2) is 41.5 Å². The van der Waals surface area contributed by atoms with Crippen molar-refractivity contribution in [2.24, 2.45) is 0 Å². The van der Waals surface area contributed by atoms with E-state index in [2.05, 4.69) is 11.8 Å². The number of hydrogen-bond acceptors (Lipinski definition) is 2. The van der Waals surface area contributed by atoms with E-state index in [0.29, 0.717) is 17.4 Å². The van der Waals surface area contributed by atoms with Crippen LogP contribution in [0, 0.1) is 11.8 Å². The van der Waals surface area contributed by atoms with Gasteiger partial charge in [0, 0.05) is 16.7 Å². The molecule has 0 radical (unpaired) electrons. The van der Waals surface area contributed by atoms with E-state index in [1.54, 1.807) is 6.07 Å². The van der Waals surface area contributed by atoms with Crippen LogP contribution in [-0.2, 0) is 0 Å². The first-order valence-electron chi connectivity index (χ1n) is 4.90. The van der Waals surface area contributed by atoms with E-state index < -0.39 is 0 Å². The monoisotopic (exact) mass is 210 g/mol. The number of benzene rings is 1. The van der Waals surface area contributed by atoms with Gasteiger partial charge in [-0.05, 0) is 36.8 Å². The predicted molar refractivity (Wildman–Crippen MR) is 62.2 cm³/mol. The molecule has 2 rings (SSSR count). The molecule has 0 heterocycles. The molecule has 0 amide bonds. The zero-order valence-corrected chi connectivity index (χ0v) is 8.82. The largest absolute Gasteiger partial charge is 0.508 e. The lowest BCUT2D eigenvalue weighted by Gasteiger charge is -2.05. The van der Waals surface area contributed by atoms with Gasteiger partial charge in [0.25, 0.3) is 0 Å². The lowest BCUT2D eigenvalue weighted by atomic mass is 9.98. The zero-order valence-electron chi connectivity index (χ0n) is 8.82. The van der Waals surface area contributed by atoms with Gasteiger partial charge in [-0.1, -0.05) is 17.9 Å². The molecule has 1 aliphatic rings. The van der Waals surface area contributed by atoms with Crippen molar-refractivity contribution >= 4 is 6.29 Å². The Hall–Kier alpha value is -2.27. The molecular formula is C14H10O2. The van der Waals surface area contributed by atoms with Crippen molar-refractivity contribution in [2.75, 3.05) is 0 Å². The topological polar surface area (TPSA) is 37.3 Å². The molecule has 0 spiro atoms. The Morgan fingerprint density at radius 2 is 2.06 bits per heavy atom. The van der Waals surface area contributed by atoms with Gasteiger partial charge in [0.2, 0.25) is 0 Å². The van der Waals surface area contributed by atoms with Crippen LogP contribution in [0.1, 0.15) is 22.8 Å². The average molecular weight is 210 g/mol. The van der Waals surface area contributed by atoms with Crippen LogP contribution in [0.25, 0.3) is 0 Å². The lowest BCUT2D eigenvalue weighted by molar-refractivity contribution is 0.112. The number of carbonyl (C=O) groups is 1. The highest BCUT2D eigenvalue weighted by Gasteiger charge is 2.03. The molecule has 0 unspecified atom stereocenters. The van der Waals surface area contributed by atoms with Crippen LogP contribution in [0.4, 0.5) is 0 Å². The van der Waals surface area contributed by atoms with Crippen LogP contribution >= 0.6 is 0 Å². The molecule has 0 saturated carbocycles. The number of aldehydes is 1. The summed E-state index contributed by atoms with van der Waals surface area (Å²) >= 11 is 0. The molecule has 2 heteroatoms. The van der Waals surface area contributed by atoms with E-state index in [0.717, 1.165) is 11.1 Å². The molecule has 1 aromatic carbocycles. The lowest BCUT2D eigenvalue weighted by Crippen LogP contribution is -1.91. The Morgan fingerprint density at radius 1 is 1.25 bits per heavy atom. The van der Waals surface area contributed by atoms with Gasteiger partial charge in [-0.15, -0.1) is 0 Å². The minimum absolute atomic E-state index is 0.0755. The standard InChI is InChI=1S/C14H10O2/c1-10-2-3-11(10)4-5-12-6-7-14(16)8-13(12)9-15/h2-3,6-9,16H,1H3. The second-order valence-electron chi connectivity index (χ2n) is 3.57. The number of phenols is 1. The number of carbonyl (C=O) groups excluding carboxylic acids is 1. The Balaban J connectivity index is 2.31. The number of phenolic OH excluding ortho intramolecular Hbond substituents is 1. The molecular weight excluding hydrogens is 200 g/mol. The maximum absolute atomic E-state index is 10.8. The third-order valence-electron chi connectivity index (χ3n) is 2.42. The van der Waals surface area contributed by atoms with Gasteiger partial charge in [-0.3, -0.25) is 4.79 Å². The van der Waals surface area contributed by atoms with E-state index in [4.69, 9.17) is 0 Å². The van der Waals surface area contributed by atoms with E-state index in [-0.39, 0.29) is 5.75 Å². The summed E-state index contributed by atoms with van der Waals surface area (Å²) in [4.78, 5) is 10.8. The van der Waals surface area contributed by atoms with Gasteiger partial charge in [0.15, 0.2) is 6.29 Å². The van der Waals surface area contributed by atoms with Gasteiger partial charge in [-0.25, -0.2) is 0 Å². The van der Waals surface area contributed by atoms with Crippen molar-refractivity contribution in [3.05, 3.63) is 52.6 Å². The second-order valence-corrected chi connectivity index (χ2v) is 3.57. The van der Waals surface area contributed by atoms with Crippen molar-refractivity contribution in [1.29, 1.82) is 0 Å². The predicted octanol–water partition coefficient (Wildman–Crippen LogP) is 2.44. The quantitative estimate of drug-likeness (QED) is 0.571. The van der Waals surface area contributed by atoms with Gasteiger partial charge in [0.05, 0.1) is 0 Å². The van der Waals surface area contributed by atoms with Gasteiger partial charge >= 0.3 is 0 Å². The minimum Gasteiger partial charge on any atom is -0.508 e. The van der Waals surface area contributed by atoms with Crippen molar-refractivity contribution in [2.45, 2.75) is 6.92 Å². The van der Waals surface area contributed by atoms with Gasteiger partial charge in [-0.2, -0.15) is 0 Å². The Bertz CT molecular complexity index is 566. The van der Waals surface area contributed by atoms with Crippen LogP contribution in [0.3, 0.4) is 0 Å². The highest BCUT2D eigenvalue weighted by molar-refractivity contribution is 5.80. The molecule has 1 aliphatic carbocycles. The fraction of sp³-hybridized carbons (Fsp3) is 0.0714. The number of rotatable bonds is 1. The van der Waals surface area contributed by atoms with Crippen molar-refractivity contribution in [1.82, 2.24) is 0 Å². The van der Waals surface area contributed by atoms with Crippen LogP contribution in [-0.4, -0.2) is 11.4 Å². The van der Waals surface area contributed by atoms with E-state index in [9.17, 15) is 9.90 Å². The molecule has 1 aromatic rings. The van der Waals surface area contributed by atoms with Crippen LogP contribution in [0.2, 0.25) is 0 Å². The van der Waals surface area contributed by atoms with E-state index >= 15 is 0 Å². The fourth-order valence-corrected chi connectivity index (χ4v) is 1.37. The molecule has 0 aliphatic heterocycles. The van der Waals surface area contributed by atoms with Crippen molar-refractivity contribution in [3.63, 3.8) is 0 Å². The maximum Gasteiger partial charge on any atom is 0.151 e. The van der Waals surface area contributed by atoms with Crippen molar-refractivity contribution < 1.29 is 9.90 Å². The first kappa shape index (κ1) is 10.3. The van der Waals surface area contributed by atoms with E-state index in [1.165, 1.54) is 12.1 Å². The Labute approximate surface area is 93.9 Å². The summed E-state index contributed by atoms with van der Waals surface area (Å²) in [7, 11) is 0. The third kappa shape index (κ3) is 1.89. The third-order valence-corrected chi connectivity index (χ3v) is 2.42. The van der Waals surface area contributed by atoms with Gasteiger partial charge < -0.3 is 5.11 Å². The van der Waals surface area contributed by atoms with Crippen molar-refractivity contribution in [3.8, 4) is 17.6 Å².